The van der Waals surface area contributed by atoms with Gasteiger partial charge in [0.25, 0.3) is 0 Å². The van der Waals surface area contributed by atoms with E-state index in [1.165, 1.54) is 0 Å². The van der Waals surface area contributed by atoms with Crippen LogP contribution in [0.2, 0.25) is 0 Å². The first kappa shape index (κ1) is 17.2. The molecule has 2 atom stereocenters. The summed E-state index contributed by atoms with van der Waals surface area (Å²) in [5.74, 6) is 1.62. The Balaban J connectivity index is 2.28. The van der Waals surface area contributed by atoms with Crippen LogP contribution < -0.4 is 10.6 Å². The molecule has 1 aliphatic rings. The second kappa shape index (κ2) is 9.19. The van der Waals surface area contributed by atoms with Crippen molar-refractivity contribution in [3.8, 4) is 0 Å². The molecular weight excluding hydrogens is 252 g/mol. The maximum absolute atomic E-state index is 5.49. The average Bonchev–Trinajstić information content (AvgIpc) is 2.42. The lowest BCUT2D eigenvalue weighted by Crippen LogP contribution is -2.53. The monoisotopic (exact) mass is 284 g/mol. The zero-order valence-corrected chi connectivity index (χ0v) is 13.8. The first-order valence-corrected chi connectivity index (χ1v) is 7.82. The summed E-state index contributed by atoms with van der Waals surface area (Å²) in [5.41, 5.74) is 0. The van der Waals surface area contributed by atoms with Crippen LogP contribution in [0.4, 0.5) is 0 Å². The van der Waals surface area contributed by atoms with Crippen molar-refractivity contribution in [1.82, 2.24) is 15.5 Å². The van der Waals surface area contributed by atoms with Gasteiger partial charge in [0.15, 0.2) is 5.96 Å². The Hall–Kier alpha value is -0.810. The van der Waals surface area contributed by atoms with Crippen molar-refractivity contribution < 1.29 is 4.74 Å². The van der Waals surface area contributed by atoms with Crippen molar-refractivity contribution in [2.75, 3.05) is 39.9 Å². The highest BCUT2D eigenvalue weighted by Gasteiger charge is 2.23. The van der Waals surface area contributed by atoms with Gasteiger partial charge in [0, 0.05) is 38.8 Å². The Labute approximate surface area is 124 Å². The van der Waals surface area contributed by atoms with Crippen molar-refractivity contribution in [3.05, 3.63) is 0 Å². The Morgan fingerprint density at radius 1 is 1.35 bits per heavy atom. The molecule has 2 unspecified atom stereocenters. The lowest BCUT2D eigenvalue weighted by atomic mass is 10.1. The molecular formula is C15H32N4O. The van der Waals surface area contributed by atoms with Crippen molar-refractivity contribution in [3.63, 3.8) is 0 Å². The van der Waals surface area contributed by atoms with Gasteiger partial charge in [-0.25, -0.2) is 0 Å². The van der Waals surface area contributed by atoms with Crippen LogP contribution in [0.25, 0.3) is 0 Å². The minimum atomic E-state index is 0.484. The molecule has 0 radical (unpaired) electrons. The molecule has 2 N–H and O–H groups in total. The van der Waals surface area contributed by atoms with Crippen LogP contribution in [0.1, 0.15) is 34.1 Å². The molecule has 0 amide bonds. The van der Waals surface area contributed by atoms with Gasteiger partial charge in [0.2, 0.25) is 0 Å². The lowest BCUT2D eigenvalue weighted by molar-refractivity contribution is -0.0174. The fourth-order valence-corrected chi connectivity index (χ4v) is 2.46. The molecule has 0 spiro atoms. The van der Waals surface area contributed by atoms with Gasteiger partial charge in [-0.3, -0.25) is 9.89 Å². The third-order valence-corrected chi connectivity index (χ3v) is 3.79. The van der Waals surface area contributed by atoms with Crippen LogP contribution in [-0.4, -0.2) is 62.8 Å². The molecule has 0 aliphatic carbocycles. The predicted molar refractivity (Wildman–Crippen MR) is 85.3 cm³/mol. The van der Waals surface area contributed by atoms with Gasteiger partial charge in [-0.05, 0) is 26.2 Å². The van der Waals surface area contributed by atoms with Crippen molar-refractivity contribution >= 4 is 5.96 Å². The van der Waals surface area contributed by atoms with Gasteiger partial charge in [0.05, 0.1) is 13.2 Å². The molecule has 0 bridgehead atoms. The van der Waals surface area contributed by atoms with Crippen LogP contribution in [0, 0.1) is 5.92 Å². The average molecular weight is 284 g/mol. The molecule has 1 fully saturated rings. The molecule has 0 aromatic rings. The van der Waals surface area contributed by atoms with E-state index in [2.05, 4.69) is 48.2 Å². The second-order valence-electron chi connectivity index (χ2n) is 6.07. The third kappa shape index (κ3) is 6.09. The number of aliphatic imine (C=N–C) groups is 1. The van der Waals surface area contributed by atoms with Gasteiger partial charge < -0.3 is 15.4 Å². The summed E-state index contributed by atoms with van der Waals surface area (Å²) in [6, 6.07) is 0.981. The second-order valence-corrected chi connectivity index (χ2v) is 6.07. The van der Waals surface area contributed by atoms with E-state index in [4.69, 9.17) is 4.74 Å². The lowest BCUT2D eigenvalue weighted by Gasteiger charge is -2.38. The van der Waals surface area contributed by atoms with E-state index < -0.39 is 0 Å². The Kier molecular flexibility index (Phi) is 7.92. The van der Waals surface area contributed by atoms with Crippen LogP contribution in [-0.2, 0) is 4.74 Å². The van der Waals surface area contributed by atoms with Gasteiger partial charge in [-0.1, -0.05) is 13.8 Å². The first-order chi connectivity index (χ1) is 9.54. The number of ether oxygens (including phenoxy) is 1. The standard InChI is InChI=1S/C15H32N4O/c1-12(2)6-7-17-15(16-5)18-10-13(3)19-8-9-20-11-14(19)4/h12-14H,6-11H2,1-5H3,(H2,16,17,18). The van der Waals surface area contributed by atoms with Gasteiger partial charge in [-0.2, -0.15) is 0 Å². The zero-order valence-electron chi connectivity index (χ0n) is 13.8. The third-order valence-electron chi connectivity index (χ3n) is 3.79. The molecule has 118 valence electrons. The van der Waals surface area contributed by atoms with Crippen LogP contribution >= 0.6 is 0 Å². The molecule has 5 nitrogen and oxygen atoms in total. The number of nitrogens with one attached hydrogen (secondary N) is 2. The fraction of sp³-hybridized carbons (Fsp3) is 0.933. The predicted octanol–water partition coefficient (Wildman–Crippen LogP) is 1.31. The topological polar surface area (TPSA) is 48.9 Å². The van der Waals surface area contributed by atoms with E-state index in [1.807, 2.05) is 7.05 Å². The number of hydrogen-bond donors (Lipinski definition) is 2. The highest BCUT2D eigenvalue weighted by molar-refractivity contribution is 5.79. The quantitative estimate of drug-likeness (QED) is 0.570. The van der Waals surface area contributed by atoms with E-state index in [9.17, 15) is 0 Å². The number of rotatable bonds is 6. The Bertz CT molecular complexity index is 294. The first-order valence-electron chi connectivity index (χ1n) is 7.82. The molecule has 0 aromatic carbocycles. The summed E-state index contributed by atoms with van der Waals surface area (Å²) in [6.45, 7) is 13.5. The van der Waals surface area contributed by atoms with Crippen molar-refractivity contribution in [1.29, 1.82) is 0 Å². The summed E-state index contributed by atoms with van der Waals surface area (Å²) < 4.78 is 5.49. The van der Waals surface area contributed by atoms with Gasteiger partial charge in [0.1, 0.15) is 0 Å². The number of morpholine rings is 1. The maximum Gasteiger partial charge on any atom is 0.191 e. The SMILES string of the molecule is CN=C(NCCC(C)C)NCC(C)N1CCOCC1C. The Morgan fingerprint density at radius 2 is 2.10 bits per heavy atom. The van der Waals surface area contributed by atoms with Crippen LogP contribution in [0.5, 0.6) is 0 Å². The molecule has 1 rings (SSSR count). The summed E-state index contributed by atoms with van der Waals surface area (Å²) in [7, 11) is 1.83. The van der Waals surface area contributed by atoms with E-state index in [0.717, 1.165) is 45.2 Å². The maximum atomic E-state index is 5.49. The molecule has 1 saturated heterocycles. The molecule has 1 heterocycles. The molecule has 20 heavy (non-hydrogen) atoms. The number of guanidine groups is 1. The van der Waals surface area contributed by atoms with E-state index in [-0.39, 0.29) is 0 Å². The van der Waals surface area contributed by atoms with Gasteiger partial charge >= 0.3 is 0 Å². The Morgan fingerprint density at radius 3 is 2.70 bits per heavy atom. The molecule has 1 aliphatic heterocycles. The molecule has 5 heteroatoms. The van der Waals surface area contributed by atoms with Crippen molar-refractivity contribution in [2.24, 2.45) is 10.9 Å². The number of nitrogens with zero attached hydrogens (tertiary/aromatic N) is 2. The fourth-order valence-electron chi connectivity index (χ4n) is 2.46. The zero-order chi connectivity index (χ0) is 15.0. The van der Waals surface area contributed by atoms with E-state index in [0.29, 0.717) is 18.0 Å². The molecule has 0 saturated carbocycles. The van der Waals surface area contributed by atoms with Crippen molar-refractivity contribution in [2.45, 2.75) is 46.2 Å². The summed E-state index contributed by atoms with van der Waals surface area (Å²) >= 11 is 0. The van der Waals surface area contributed by atoms with Crippen LogP contribution in [0.15, 0.2) is 4.99 Å². The smallest absolute Gasteiger partial charge is 0.191 e. The highest BCUT2D eigenvalue weighted by atomic mass is 16.5. The minimum absolute atomic E-state index is 0.484. The van der Waals surface area contributed by atoms with Crippen LogP contribution in [0.3, 0.4) is 0 Å². The summed E-state index contributed by atoms with van der Waals surface area (Å²) in [5, 5.41) is 6.78. The van der Waals surface area contributed by atoms with E-state index in [1.54, 1.807) is 0 Å². The summed E-state index contributed by atoms with van der Waals surface area (Å²) in [6.07, 6.45) is 1.16. The van der Waals surface area contributed by atoms with Gasteiger partial charge in [-0.15, -0.1) is 0 Å². The molecule has 0 aromatic heterocycles. The minimum Gasteiger partial charge on any atom is -0.379 e. The number of hydrogen-bond acceptors (Lipinski definition) is 3. The highest BCUT2D eigenvalue weighted by Crippen LogP contribution is 2.09. The normalized spacial score (nSPS) is 22.9. The largest absolute Gasteiger partial charge is 0.379 e. The van der Waals surface area contributed by atoms with E-state index >= 15 is 0 Å². The summed E-state index contributed by atoms with van der Waals surface area (Å²) in [4.78, 5) is 6.77.